The summed E-state index contributed by atoms with van der Waals surface area (Å²) in [5, 5.41) is 14.2. The van der Waals surface area contributed by atoms with E-state index in [-0.39, 0.29) is 11.7 Å². The van der Waals surface area contributed by atoms with Gasteiger partial charge in [-0.15, -0.1) is 0 Å². The molecule has 4 rings (SSSR count). The largest absolute Gasteiger partial charge is 0.504 e. The first-order valence-corrected chi connectivity index (χ1v) is 12.6. The minimum Gasteiger partial charge on any atom is -0.504 e. The number of phenolic OH excluding ortho intramolecular Hbond substituents is 1. The molecule has 1 aromatic heterocycles. The molecule has 0 bridgehead atoms. The maximum absolute atomic E-state index is 12.3. The topological polar surface area (TPSA) is 87.2 Å². The molecule has 8 nitrogen and oxygen atoms in total. The van der Waals surface area contributed by atoms with Crippen molar-refractivity contribution in [1.29, 1.82) is 0 Å². The van der Waals surface area contributed by atoms with Crippen LogP contribution in [0, 0.1) is 0 Å². The van der Waals surface area contributed by atoms with E-state index in [1.54, 1.807) is 19.2 Å². The van der Waals surface area contributed by atoms with Crippen LogP contribution in [0.2, 0.25) is 0 Å². The first-order valence-electron chi connectivity index (χ1n) is 12.6. The summed E-state index contributed by atoms with van der Waals surface area (Å²) in [6, 6.07) is 17.1. The predicted molar refractivity (Wildman–Crippen MR) is 145 cm³/mol. The minimum absolute atomic E-state index is 0.181. The van der Waals surface area contributed by atoms with Gasteiger partial charge in [-0.05, 0) is 74.9 Å². The predicted octanol–water partition coefficient (Wildman–Crippen LogP) is 4.69. The number of aromatic hydroxyl groups is 1. The number of methoxy groups -OCH3 is 1. The van der Waals surface area contributed by atoms with Crippen LogP contribution in [0.5, 0.6) is 11.5 Å². The summed E-state index contributed by atoms with van der Waals surface area (Å²) in [7, 11) is 1.57. The molecule has 3 aromatic rings. The molecule has 1 aliphatic heterocycles. The van der Waals surface area contributed by atoms with Gasteiger partial charge >= 0.3 is 5.97 Å². The highest BCUT2D eigenvalue weighted by Crippen LogP contribution is 2.33. The van der Waals surface area contributed by atoms with Crippen LogP contribution in [0.4, 0.5) is 11.5 Å². The van der Waals surface area contributed by atoms with E-state index in [9.17, 15) is 9.90 Å². The van der Waals surface area contributed by atoms with Crippen molar-refractivity contribution in [2.24, 2.45) is 0 Å². The van der Waals surface area contributed by atoms with Crippen molar-refractivity contribution in [3.05, 3.63) is 77.5 Å². The Morgan fingerprint density at radius 2 is 1.78 bits per heavy atom. The Bertz CT molecular complexity index is 1190. The zero-order chi connectivity index (χ0) is 26.4. The number of carbonyl (C=O) groups excluding carboxylic acids is 1. The quantitative estimate of drug-likeness (QED) is 0.428. The van der Waals surface area contributed by atoms with E-state index in [4.69, 9.17) is 9.47 Å². The summed E-state index contributed by atoms with van der Waals surface area (Å²) in [6.07, 6.45) is 1.82. The van der Waals surface area contributed by atoms with Gasteiger partial charge in [-0.1, -0.05) is 6.07 Å². The molecule has 37 heavy (non-hydrogen) atoms. The number of hydrogen-bond acceptors (Lipinski definition) is 8. The summed E-state index contributed by atoms with van der Waals surface area (Å²) in [6.45, 7) is 10.3. The lowest BCUT2D eigenvalue weighted by atomic mass is 10.1. The average molecular weight is 505 g/mol. The molecule has 0 aliphatic carbocycles. The van der Waals surface area contributed by atoms with Gasteiger partial charge < -0.3 is 24.8 Å². The van der Waals surface area contributed by atoms with Crippen LogP contribution in [-0.4, -0.2) is 59.8 Å². The van der Waals surface area contributed by atoms with E-state index >= 15 is 0 Å². The fraction of sp³-hybridized carbons (Fsp3) is 0.379. The zero-order valence-corrected chi connectivity index (χ0v) is 22.0. The normalized spacial score (nSPS) is 14.3. The molecule has 8 heteroatoms. The third-order valence-corrected chi connectivity index (χ3v) is 6.19. The lowest BCUT2D eigenvalue weighted by Crippen LogP contribution is -2.46. The van der Waals surface area contributed by atoms with Gasteiger partial charge in [0, 0.05) is 56.7 Å². The van der Waals surface area contributed by atoms with E-state index in [0.29, 0.717) is 24.4 Å². The minimum atomic E-state index is -0.531. The Morgan fingerprint density at radius 1 is 1.05 bits per heavy atom. The van der Waals surface area contributed by atoms with Crippen molar-refractivity contribution in [3.8, 4) is 11.5 Å². The molecule has 0 amide bonds. The Kier molecular flexibility index (Phi) is 8.18. The molecule has 196 valence electrons. The standard InChI is InChI=1S/C29H36N4O4/c1-29(2,3)37-28(35)22-8-10-24(11-9-22)31-19-21-17-23(27(34)25(18-21)36-4)20-32-13-15-33(16-14-32)26-7-5-6-12-30-26/h5-12,17-18,31,34H,13-16,19-20H2,1-4H3. The molecular formula is C29H36N4O4. The van der Waals surface area contributed by atoms with Gasteiger partial charge in [0.15, 0.2) is 11.5 Å². The van der Waals surface area contributed by atoms with E-state index in [2.05, 4.69) is 20.1 Å². The van der Waals surface area contributed by atoms with Crippen LogP contribution in [0.1, 0.15) is 42.3 Å². The van der Waals surface area contributed by atoms with Crippen molar-refractivity contribution in [2.45, 2.75) is 39.5 Å². The number of hydrogen-bond donors (Lipinski definition) is 2. The van der Waals surface area contributed by atoms with Crippen LogP contribution in [0.15, 0.2) is 60.8 Å². The fourth-order valence-corrected chi connectivity index (χ4v) is 4.29. The molecule has 0 unspecified atom stereocenters. The van der Waals surface area contributed by atoms with Crippen molar-refractivity contribution >= 4 is 17.5 Å². The van der Waals surface area contributed by atoms with E-state index in [1.807, 2.05) is 69.4 Å². The first-order chi connectivity index (χ1) is 17.7. The fourth-order valence-electron chi connectivity index (χ4n) is 4.29. The lowest BCUT2D eigenvalue weighted by molar-refractivity contribution is 0.00695. The summed E-state index contributed by atoms with van der Waals surface area (Å²) < 4.78 is 10.9. The third-order valence-electron chi connectivity index (χ3n) is 6.19. The highest BCUT2D eigenvalue weighted by molar-refractivity contribution is 5.90. The van der Waals surface area contributed by atoms with Gasteiger partial charge in [-0.3, -0.25) is 4.90 Å². The van der Waals surface area contributed by atoms with Crippen molar-refractivity contribution in [2.75, 3.05) is 43.5 Å². The molecular weight excluding hydrogens is 468 g/mol. The first kappa shape index (κ1) is 26.3. The number of nitrogens with one attached hydrogen (secondary N) is 1. The number of phenols is 1. The van der Waals surface area contributed by atoms with Gasteiger partial charge in [-0.25, -0.2) is 9.78 Å². The van der Waals surface area contributed by atoms with E-state index in [1.165, 1.54) is 0 Å². The molecule has 0 saturated carbocycles. The molecule has 1 aliphatic rings. The lowest BCUT2D eigenvalue weighted by Gasteiger charge is -2.35. The van der Waals surface area contributed by atoms with E-state index in [0.717, 1.165) is 48.8 Å². The molecule has 0 spiro atoms. The molecule has 1 saturated heterocycles. The van der Waals surface area contributed by atoms with Crippen LogP contribution < -0.4 is 15.0 Å². The highest BCUT2D eigenvalue weighted by atomic mass is 16.6. The number of rotatable bonds is 8. The van der Waals surface area contributed by atoms with Gasteiger partial charge in [0.25, 0.3) is 0 Å². The number of pyridine rings is 1. The summed E-state index contributed by atoms with van der Waals surface area (Å²) in [5.41, 5.74) is 2.69. The molecule has 1 fully saturated rings. The van der Waals surface area contributed by atoms with Crippen LogP contribution in [0.25, 0.3) is 0 Å². The molecule has 0 radical (unpaired) electrons. The second-order valence-electron chi connectivity index (χ2n) is 10.2. The molecule has 0 atom stereocenters. The molecule has 2 heterocycles. The van der Waals surface area contributed by atoms with E-state index < -0.39 is 5.60 Å². The third kappa shape index (κ3) is 7.13. The SMILES string of the molecule is COc1cc(CNc2ccc(C(=O)OC(C)(C)C)cc2)cc(CN2CCN(c3ccccn3)CC2)c1O. The number of carbonyl (C=O) groups is 1. The summed E-state index contributed by atoms with van der Waals surface area (Å²) in [5.74, 6) is 1.30. The highest BCUT2D eigenvalue weighted by Gasteiger charge is 2.21. The van der Waals surface area contributed by atoms with Gasteiger partial charge in [0.1, 0.15) is 11.4 Å². The second kappa shape index (κ2) is 11.5. The molecule has 2 N–H and O–H groups in total. The maximum atomic E-state index is 12.3. The average Bonchev–Trinajstić information content (AvgIpc) is 2.89. The van der Waals surface area contributed by atoms with Gasteiger partial charge in [0.05, 0.1) is 12.7 Å². The summed E-state index contributed by atoms with van der Waals surface area (Å²) >= 11 is 0. The van der Waals surface area contributed by atoms with Crippen LogP contribution >= 0.6 is 0 Å². The number of anilines is 2. The van der Waals surface area contributed by atoms with Crippen LogP contribution in [-0.2, 0) is 17.8 Å². The Balaban J connectivity index is 1.37. The summed E-state index contributed by atoms with van der Waals surface area (Å²) in [4.78, 5) is 21.3. The maximum Gasteiger partial charge on any atom is 0.338 e. The van der Waals surface area contributed by atoms with Crippen molar-refractivity contribution in [1.82, 2.24) is 9.88 Å². The van der Waals surface area contributed by atoms with Gasteiger partial charge in [-0.2, -0.15) is 0 Å². The number of ether oxygens (including phenoxy) is 2. The number of benzene rings is 2. The Hall–Kier alpha value is -3.78. The monoisotopic (exact) mass is 504 g/mol. The molecule has 2 aromatic carbocycles. The number of nitrogens with zero attached hydrogens (tertiary/aromatic N) is 3. The number of aromatic nitrogens is 1. The number of piperazine rings is 1. The Morgan fingerprint density at radius 3 is 2.41 bits per heavy atom. The Labute approximate surface area is 218 Å². The smallest absolute Gasteiger partial charge is 0.338 e. The van der Waals surface area contributed by atoms with Crippen molar-refractivity contribution < 1.29 is 19.4 Å². The van der Waals surface area contributed by atoms with Crippen molar-refractivity contribution in [3.63, 3.8) is 0 Å². The van der Waals surface area contributed by atoms with Crippen LogP contribution in [0.3, 0.4) is 0 Å². The second-order valence-corrected chi connectivity index (χ2v) is 10.2. The number of esters is 1. The van der Waals surface area contributed by atoms with Gasteiger partial charge in [0.2, 0.25) is 0 Å². The zero-order valence-electron chi connectivity index (χ0n) is 22.0.